The molecule has 5 nitrogen and oxygen atoms in total. The Kier molecular flexibility index (Phi) is 5.68. The number of rotatable bonds is 6. The second kappa shape index (κ2) is 7.97. The van der Waals surface area contributed by atoms with Crippen LogP contribution in [0.15, 0.2) is 54.6 Å². The average molecular weight is 376 g/mol. The highest BCUT2D eigenvalue weighted by atomic mass is 32.2. The van der Waals surface area contributed by atoms with Gasteiger partial charge in [0, 0.05) is 18.7 Å². The van der Waals surface area contributed by atoms with Crippen LogP contribution in [0.3, 0.4) is 0 Å². The highest BCUT2D eigenvalue weighted by molar-refractivity contribution is 7.89. The summed E-state index contributed by atoms with van der Waals surface area (Å²) in [5.74, 6) is -1.16. The predicted octanol–water partition coefficient (Wildman–Crippen LogP) is 2.26. The van der Waals surface area contributed by atoms with E-state index < -0.39 is 27.8 Å². The number of nitrogens with zero attached hydrogens (tertiary/aromatic N) is 1. The van der Waals surface area contributed by atoms with Crippen LogP contribution in [0.1, 0.15) is 23.6 Å². The van der Waals surface area contributed by atoms with Crippen molar-refractivity contribution in [1.29, 1.82) is 0 Å². The number of sulfonamides is 1. The molecule has 1 unspecified atom stereocenters. The molecule has 1 saturated heterocycles. The zero-order valence-electron chi connectivity index (χ0n) is 14.3. The van der Waals surface area contributed by atoms with Crippen LogP contribution in [-0.4, -0.2) is 37.5 Å². The third-order valence-electron chi connectivity index (χ3n) is 4.44. The van der Waals surface area contributed by atoms with Gasteiger partial charge in [-0.25, -0.2) is 12.8 Å². The molecule has 0 aromatic heterocycles. The minimum Gasteiger partial charge on any atom is -0.353 e. The summed E-state index contributed by atoms with van der Waals surface area (Å²) >= 11 is 0. The minimum absolute atomic E-state index is 0.0799. The Morgan fingerprint density at radius 3 is 2.50 bits per heavy atom. The molecule has 0 saturated carbocycles. The Morgan fingerprint density at radius 1 is 1.08 bits per heavy atom. The Labute approximate surface area is 152 Å². The Bertz CT molecular complexity index is 871. The monoisotopic (exact) mass is 376 g/mol. The summed E-state index contributed by atoms with van der Waals surface area (Å²) in [4.78, 5) is 12.3. The fourth-order valence-corrected chi connectivity index (χ4v) is 4.80. The fraction of sp³-hybridized carbons (Fsp3) is 0.316. The number of hydrogen-bond donors (Lipinski definition) is 1. The number of amides is 1. The van der Waals surface area contributed by atoms with Gasteiger partial charge in [-0.3, -0.25) is 4.79 Å². The van der Waals surface area contributed by atoms with E-state index >= 15 is 0 Å². The second-order valence-corrected chi connectivity index (χ2v) is 8.27. The van der Waals surface area contributed by atoms with Crippen LogP contribution >= 0.6 is 0 Å². The molecule has 0 aliphatic carbocycles. The Balaban J connectivity index is 1.77. The number of carbonyl (C=O) groups is 1. The second-order valence-electron chi connectivity index (χ2n) is 6.23. The van der Waals surface area contributed by atoms with Crippen molar-refractivity contribution in [3.63, 3.8) is 0 Å². The molecule has 2 aromatic rings. The molecule has 0 spiro atoms. The molecule has 7 heteroatoms. The normalized spacial score (nSPS) is 18.5. The van der Waals surface area contributed by atoms with Gasteiger partial charge in [0.2, 0.25) is 15.9 Å². The predicted molar refractivity (Wildman–Crippen MR) is 97.4 cm³/mol. The first-order valence-corrected chi connectivity index (χ1v) is 10.2. The topological polar surface area (TPSA) is 66.5 Å². The molecule has 0 radical (unpaired) electrons. The molecular formula is C19H21FN2O3S. The maximum absolute atomic E-state index is 14.2. The third kappa shape index (κ3) is 4.11. The van der Waals surface area contributed by atoms with Gasteiger partial charge in [-0.2, -0.15) is 4.31 Å². The summed E-state index contributed by atoms with van der Waals surface area (Å²) in [6.45, 7) is 0.361. The molecule has 1 atom stereocenters. The molecule has 1 heterocycles. The van der Waals surface area contributed by atoms with E-state index in [1.165, 1.54) is 18.2 Å². The van der Waals surface area contributed by atoms with E-state index in [9.17, 15) is 17.6 Å². The molecule has 1 fully saturated rings. The van der Waals surface area contributed by atoms with Gasteiger partial charge in [-0.05, 0) is 24.5 Å². The van der Waals surface area contributed by atoms with Crippen LogP contribution in [0.5, 0.6) is 0 Å². The summed E-state index contributed by atoms with van der Waals surface area (Å²) in [5, 5.41) is 2.63. The molecule has 1 N–H and O–H groups in total. The first-order chi connectivity index (χ1) is 12.5. The lowest BCUT2D eigenvalue weighted by molar-refractivity contribution is -0.127. The van der Waals surface area contributed by atoms with Crippen molar-refractivity contribution < 1.29 is 17.6 Å². The smallest absolute Gasteiger partial charge is 0.243 e. The zero-order valence-corrected chi connectivity index (χ0v) is 15.1. The van der Waals surface area contributed by atoms with Crippen molar-refractivity contribution in [3.8, 4) is 0 Å². The van der Waals surface area contributed by atoms with E-state index in [0.717, 1.165) is 9.87 Å². The lowest BCUT2D eigenvalue weighted by atomic mass is 10.0. The largest absolute Gasteiger partial charge is 0.353 e. The molecule has 3 rings (SSSR count). The highest BCUT2D eigenvalue weighted by Gasteiger charge is 2.39. The van der Waals surface area contributed by atoms with E-state index in [4.69, 9.17) is 0 Å². The first-order valence-electron chi connectivity index (χ1n) is 8.54. The van der Waals surface area contributed by atoms with Crippen molar-refractivity contribution in [2.24, 2.45) is 0 Å². The Morgan fingerprint density at radius 2 is 1.77 bits per heavy atom. The molecule has 138 valence electrons. The lowest BCUT2D eigenvalue weighted by Gasteiger charge is -2.34. The summed E-state index contributed by atoms with van der Waals surface area (Å²) < 4.78 is 41.0. The van der Waals surface area contributed by atoms with Crippen molar-refractivity contribution in [1.82, 2.24) is 9.62 Å². The zero-order chi connectivity index (χ0) is 18.6. The molecular weight excluding hydrogens is 355 g/mol. The van der Waals surface area contributed by atoms with Crippen molar-refractivity contribution in [3.05, 3.63) is 71.5 Å². The van der Waals surface area contributed by atoms with Gasteiger partial charge in [0.1, 0.15) is 11.9 Å². The number of hydrogen-bond acceptors (Lipinski definition) is 3. The van der Waals surface area contributed by atoms with Gasteiger partial charge < -0.3 is 5.32 Å². The molecule has 0 bridgehead atoms. The summed E-state index contributed by atoms with van der Waals surface area (Å²) in [6.07, 6.45) is 1.07. The van der Waals surface area contributed by atoms with Crippen molar-refractivity contribution >= 4 is 15.9 Å². The van der Waals surface area contributed by atoms with Gasteiger partial charge in [-0.1, -0.05) is 48.5 Å². The molecule has 2 aromatic carbocycles. The number of carbonyl (C=O) groups excluding carboxylic acids is 1. The number of piperazine rings is 1. The summed E-state index contributed by atoms with van der Waals surface area (Å²) in [6, 6.07) is 14.3. The van der Waals surface area contributed by atoms with Crippen LogP contribution in [0, 0.1) is 5.82 Å². The number of nitrogens with one attached hydrogen (secondary N) is 1. The summed E-state index contributed by atoms with van der Waals surface area (Å²) in [5.41, 5.74) is 1.14. The molecule has 26 heavy (non-hydrogen) atoms. The van der Waals surface area contributed by atoms with E-state index in [2.05, 4.69) is 5.32 Å². The first kappa shape index (κ1) is 18.5. The van der Waals surface area contributed by atoms with Crippen LogP contribution in [0.2, 0.25) is 0 Å². The van der Waals surface area contributed by atoms with E-state index in [1.54, 1.807) is 6.07 Å². The van der Waals surface area contributed by atoms with Crippen molar-refractivity contribution in [2.45, 2.75) is 18.9 Å². The number of aryl methyl sites for hydroxylation is 1. The van der Waals surface area contributed by atoms with Crippen LogP contribution in [0.4, 0.5) is 4.39 Å². The standard InChI is InChI=1S/C19H21FN2O3S/c20-17-11-5-4-10-16(17)18-19(23)21-12-13-22(18)26(24,25)14-6-9-15-7-2-1-3-8-15/h1-5,7-8,10-11,18H,6,9,12-14H2,(H,21,23). The van der Waals surface area contributed by atoms with E-state index in [-0.39, 0.29) is 24.4 Å². The molecule has 1 aliphatic rings. The highest BCUT2D eigenvalue weighted by Crippen LogP contribution is 2.28. The quantitative estimate of drug-likeness (QED) is 0.841. The van der Waals surface area contributed by atoms with Gasteiger partial charge >= 0.3 is 0 Å². The van der Waals surface area contributed by atoms with E-state index in [1.807, 2.05) is 30.3 Å². The van der Waals surface area contributed by atoms with Crippen LogP contribution in [-0.2, 0) is 21.2 Å². The fourth-order valence-electron chi connectivity index (χ4n) is 3.16. The molecule has 1 aliphatic heterocycles. The minimum atomic E-state index is -3.69. The van der Waals surface area contributed by atoms with Crippen molar-refractivity contribution in [2.75, 3.05) is 18.8 Å². The number of benzene rings is 2. The SMILES string of the molecule is O=C1NCCN(S(=O)(=O)CCCc2ccccc2)C1c1ccccc1F. The van der Waals surface area contributed by atoms with Gasteiger partial charge in [0.05, 0.1) is 5.75 Å². The summed E-state index contributed by atoms with van der Waals surface area (Å²) in [7, 11) is -3.69. The van der Waals surface area contributed by atoms with Crippen LogP contribution in [0.25, 0.3) is 0 Å². The van der Waals surface area contributed by atoms with E-state index in [0.29, 0.717) is 12.8 Å². The van der Waals surface area contributed by atoms with Gasteiger partial charge in [-0.15, -0.1) is 0 Å². The maximum Gasteiger partial charge on any atom is 0.243 e. The van der Waals surface area contributed by atoms with Crippen LogP contribution < -0.4 is 5.32 Å². The number of halogens is 1. The third-order valence-corrected chi connectivity index (χ3v) is 6.35. The van der Waals surface area contributed by atoms with Gasteiger partial charge in [0.25, 0.3) is 0 Å². The van der Waals surface area contributed by atoms with Gasteiger partial charge in [0.15, 0.2) is 0 Å². The average Bonchev–Trinajstić information content (AvgIpc) is 2.63. The lowest BCUT2D eigenvalue weighted by Crippen LogP contribution is -2.52. The Hall–Kier alpha value is -2.25. The maximum atomic E-state index is 14.2. The molecule has 1 amide bonds.